The van der Waals surface area contributed by atoms with Gasteiger partial charge in [-0.05, 0) is 30.4 Å². The zero-order valence-electron chi connectivity index (χ0n) is 11.4. The summed E-state index contributed by atoms with van der Waals surface area (Å²) in [4.78, 5) is 23.8. The Balaban J connectivity index is 2.20. The van der Waals surface area contributed by atoms with Gasteiger partial charge in [-0.25, -0.2) is 4.39 Å². The molecule has 0 saturated heterocycles. The van der Waals surface area contributed by atoms with Gasteiger partial charge >= 0.3 is 0 Å². The van der Waals surface area contributed by atoms with Crippen LogP contribution in [0.15, 0.2) is 36.4 Å². The maximum Gasteiger partial charge on any atom is 0.190 e. The van der Waals surface area contributed by atoms with E-state index in [-0.39, 0.29) is 27.5 Å². The van der Waals surface area contributed by atoms with Crippen molar-refractivity contribution in [2.75, 3.05) is 5.32 Å². The number of anilines is 2. The second-order valence-electron chi connectivity index (χ2n) is 4.83. The third-order valence-electron chi connectivity index (χ3n) is 3.36. The van der Waals surface area contributed by atoms with Crippen LogP contribution in [-0.2, 0) is 0 Å². The fourth-order valence-corrected chi connectivity index (χ4v) is 2.55. The van der Waals surface area contributed by atoms with Crippen LogP contribution >= 0.6 is 11.6 Å². The highest BCUT2D eigenvalue weighted by molar-refractivity contribution is 6.38. The second kappa shape index (κ2) is 5.40. The number of hydrogen-bond acceptors (Lipinski definition) is 5. The Bertz CT molecular complexity index is 892. The van der Waals surface area contributed by atoms with E-state index in [2.05, 4.69) is 5.32 Å². The molecule has 0 spiro atoms. The maximum atomic E-state index is 13.2. The van der Waals surface area contributed by atoms with Gasteiger partial charge in [-0.1, -0.05) is 17.7 Å². The van der Waals surface area contributed by atoms with E-state index in [0.717, 1.165) is 18.2 Å². The van der Waals surface area contributed by atoms with Gasteiger partial charge in [0.15, 0.2) is 17.3 Å². The molecule has 0 atom stereocenters. The molecule has 0 radical (unpaired) electrons. The molecule has 2 aromatic carbocycles. The number of aromatic hydroxyl groups is 2. The van der Waals surface area contributed by atoms with Crippen molar-refractivity contribution in [1.82, 2.24) is 0 Å². The minimum atomic E-state index is -0.647. The molecule has 1 aliphatic rings. The predicted molar refractivity (Wildman–Crippen MR) is 82.3 cm³/mol. The van der Waals surface area contributed by atoms with Crippen molar-refractivity contribution in [2.45, 2.75) is 0 Å². The van der Waals surface area contributed by atoms with Crippen LogP contribution in [0.25, 0.3) is 0 Å². The lowest BCUT2D eigenvalue weighted by Crippen LogP contribution is -2.13. The summed E-state index contributed by atoms with van der Waals surface area (Å²) in [5, 5.41) is 22.7. The Morgan fingerprint density at radius 2 is 1.61 bits per heavy atom. The molecule has 116 valence electrons. The summed E-state index contributed by atoms with van der Waals surface area (Å²) < 4.78 is 13.2. The Labute approximate surface area is 134 Å². The normalized spacial score (nSPS) is 13.1. The molecule has 0 fully saturated rings. The van der Waals surface area contributed by atoms with Gasteiger partial charge in [-0.15, -0.1) is 0 Å². The topological polar surface area (TPSA) is 86.6 Å². The number of ketones is 2. The van der Waals surface area contributed by atoms with Gasteiger partial charge in [0.2, 0.25) is 0 Å². The van der Waals surface area contributed by atoms with E-state index in [1.165, 1.54) is 18.2 Å². The van der Waals surface area contributed by atoms with Crippen molar-refractivity contribution < 1.29 is 24.2 Å². The molecule has 0 heterocycles. The average molecular weight is 334 g/mol. The fraction of sp³-hybridized carbons (Fsp3) is 0. The molecule has 0 bridgehead atoms. The third kappa shape index (κ3) is 2.43. The standard InChI is InChI=1S/C16H9ClFNO4/c17-13-14(19-8-3-1-2-7(18)6-8)16(23)12-10(21)5-4-9(20)11(12)15(13)22/h1-6,19,22-23H. The van der Waals surface area contributed by atoms with Crippen LogP contribution in [-0.4, -0.2) is 21.8 Å². The van der Waals surface area contributed by atoms with Gasteiger partial charge in [-0.3, -0.25) is 9.59 Å². The predicted octanol–water partition coefficient (Wildman–Crippen LogP) is 3.57. The third-order valence-corrected chi connectivity index (χ3v) is 3.73. The van der Waals surface area contributed by atoms with Crippen molar-refractivity contribution in [1.29, 1.82) is 0 Å². The fourth-order valence-electron chi connectivity index (χ4n) is 2.32. The summed E-state index contributed by atoms with van der Waals surface area (Å²) in [5.74, 6) is -3.03. The molecule has 2 aromatic rings. The molecule has 0 aromatic heterocycles. The van der Waals surface area contributed by atoms with E-state index in [4.69, 9.17) is 11.6 Å². The van der Waals surface area contributed by atoms with E-state index < -0.39 is 28.9 Å². The highest BCUT2D eigenvalue weighted by Gasteiger charge is 2.31. The number of benzene rings is 2. The quantitative estimate of drug-likeness (QED) is 0.577. The van der Waals surface area contributed by atoms with Gasteiger partial charge in [-0.2, -0.15) is 0 Å². The first-order valence-electron chi connectivity index (χ1n) is 6.47. The van der Waals surface area contributed by atoms with Crippen LogP contribution in [0.2, 0.25) is 5.02 Å². The van der Waals surface area contributed by atoms with Gasteiger partial charge in [0.05, 0.1) is 11.1 Å². The molecule has 3 rings (SSSR count). The lowest BCUT2D eigenvalue weighted by Gasteiger charge is -2.19. The molecule has 0 aliphatic heterocycles. The highest BCUT2D eigenvalue weighted by Crippen LogP contribution is 2.47. The van der Waals surface area contributed by atoms with Gasteiger partial charge in [0.25, 0.3) is 0 Å². The lowest BCUT2D eigenvalue weighted by atomic mass is 9.92. The molecule has 0 saturated carbocycles. The SMILES string of the molecule is O=C1C=CC(=O)c2c(O)c(Nc3cccc(F)c3)c(Cl)c(O)c21. The molecule has 23 heavy (non-hydrogen) atoms. The minimum Gasteiger partial charge on any atom is -0.505 e. The first-order valence-corrected chi connectivity index (χ1v) is 6.84. The molecular formula is C16H9ClFNO4. The summed E-state index contributed by atoms with van der Waals surface area (Å²) >= 11 is 5.98. The van der Waals surface area contributed by atoms with Crippen molar-refractivity contribution in [2.24, 2.45) is 0 Å². The largest absolute Gasteiger partial charge is 0.505 e. The van der Waals surface area contributed by atoms with Crippen LogP contribution in [0.1, 0.15) is 20.7 Å². The Hall–Kier alpha value is -2.86. The summed E-state index contributed by atoms with van der Waals surface area (Å²) in [6.07, 6.45) is 1.98. The first-order chi connectivity index (χ1) is 10.9. The highest BCUT2D eigenvalue weighted by atomic mass is 35.5. The molecule has 0 unspecified atom stereocenters. The summed E-state index contributed by atoms with van der Waals surface area (Å²) in [7, 11) is 0. The molecule has 7 heteroatoms. The van der Waals surface area contributed by atoms with Crippen molar-refractivity contribution in [3.05, 3.63) is 58.4 Å². The van der Waals surface area contributed by atoms with Crippen LogP contribution < -0.4 is 5.32 Å². The number of halogens is 2. The van der Waals surface area contributed by atoms with Crippen LogP contribution in [0, 0.1) is 5.82 Å². The van der Waals surface area contributed by atoms with Gasteiger partial charge in [0.1, 0.15) is 22.3 Å². The summed E-state index contributed by atoms with van der Waals surface area (Å²) in [6, 6.07) is 5.30. The number of carbonyl (C=O) groups is 2. The van der Waals surface area contributed by atoms with Crippen molar-refractivity contribution in [3.8, 4) is 11.5 Å². The van der Waals surface area contributed by atoms with E-state index in [1.807, 2.05) is 0 Å². The molecular weight excluding hydrogens is 325 g/mol. The molecule has 3 N–H and O–H groups in total. The van der Waals surface area contributed by atoms with Gasteiger partial charge < -0.3 is 15.5 Å². The van der Waals surface area contributed by atoms with Crippen LogP contribution in [0.4, 0.5) is 15.8 Å². The smallest absolute Gasteiger partial charge is 0.190 e. The maximum absolute atomic E-state index is 13.2. The first kappa shape index (κ1) is 15.1. The summed E-state index contributed by atoms with van der Waals surface area (Å²) in [5.41, 5.74) is -0.653. The number of carbonyl (C=O) groups excluding carboxylic acids is 2. The van der Waals surface area contributed by atoms with Crippen molar-refractivity contribution in [3.63, 3.8) is 0 Å². The number of phenolic OH excluding ortho intramolecular Hbond substituents is 2. The van der Waals surface area contributed by atoms with Crippen LogP contribution in [0.3, 0.4) is 0 Å². The van der Waals surface area contributed by atoms with E-state index >= 15 is 0 Å². The second-order valence-corrected chi connectivity index (χ2v) is 5.21. The lowest BCUT2D eigenvalue weighted by molar-refractivity contribution is 0.0989. The molecule has 5 nitrogen and oxygen atoms in total. The summed E-state index contributed by atoms with van der Waals surface area (Å²) in [6.45, 7) is 0. The van der Waals surface area contributed by atoms with E-state index in [1.54, 1.807) is 0 Å². The molecule has 1 aliphatic carbocycles. The molecule has 0 amide bonds. The number of nitrogens with one attached hydrogen (secondary N) is 1. The number of phenols is 2. The zero-order chi connectivity index (χ0) is 16.7. The number of hydrogen-bond donors (Lipinski definition) is 3. The monoisotopic (exact) mass is 333 g/mol. The Morgan fingerprint density at radius 3 is 2.22 bits per heavy atom. The number of rotatable bonds is 2. The van der Waals surface area contributed by atoms with Gasteiger partial charge in [0, 0.05) is 5.69 Å². The van der Waals surface area contributed by atoms with E-state index in [9.17, 15) is 24.2 Å². The van der Waals surface area contributed by atoms with Crippen molar-refractivity contribution >= 4 is 34.5 Å². The van der Waals surface area contributed by atoms with E-state index in [0.29, 0.717) is 0 Å². The Kier molecular flexibility index (Phi) is 3.54. The average Bonchev–Trinajstić information content (AvgIpc) is 2.51. The zero-order valence-corrected chi connectivity index (χ0v) is 12.2. The van der Waals surface area contributed by atoms with Crippen LogP contribution in [0.5, 0.6) is 11.5 Å². The Morgan fingerprint density at radius 1 is 1.00 bits per heavy atom. The number of allylic oxidation sites excluding steroid dienone is 2. The number of fused-ring (bicyclic) bond motifs is 1. The minimum absolute atomic E-state index is 0.190.